The second-order valence-electron chi connectivity index (χ2n) is 3.89. The van der Waals surface area contributed by atoms with Crippen molar-refractivity contribution in [2.75, 3.05) is 7.11 Å². The number of para-hydroxylation sites is 1. The minimum atomic E-state index is -0.349. The fraction of sp³-hybridized carbons (Fsp3) is 0.133. The van der Waals surface area contributed by atoms with Crippen molar-refractivity contribution in [3.05, 3.63) is 64.1 Å². The summed E-state index contributed by atoms with van der Waals surface area (Å²) in [6, 6.07) is 14.5. The summed E-state index contributed by atoms with van der Waals surface area (Å²) in [7, 11) is 1.59. The lowest BCUT2D eigenvalue weighted by Gasteiger charge is -2.09. The molecule has 0 bridgehead atoms. The first-order valence-electron chi connectivity index (χ1n) is 5.75. The Kier molecular flexibility index (Phi) is 4.58. The number of benzene rings is 2. The summed E-state index contributed by atoms with van der Waals surface area (Å²) in [5.74, 6) is 0.365. The molecule has 3 nitrogen and oxygen atoms in total. The molecule has 2 rings (SSSR count). The molecule has 0 amide bonds. The van der Waals surface area contributed by atoms with E-state index in [-0.39, 0.29) is 12.6 Å². The van der Waals surface area contributed by atoms with E-state index >= 15 is 0 Å². The third-order valence-corrected chi connectivity index (χ3v) is 3.16. The van der Waals surface area contributed by atoms with Crippen molar-refractivity contribution in [3.63, 3.8) is 0 Å². The van der Waals surface area contributed by atoms with Crippen LogP contribution in [0, 0.1) is 0 Å². The van der Waals surface area contributed by atoms with Crippen LogP contribution >= 0.6 is 15.9 Å². The summed E-state index contributed by atoms with van der Waals surface area (Å²) >= 11 is 3.32. The second-order valence-corrected chi connectivity index (χ2v) is 4.81. The first-order valence-corrected chi connectivity index (χ1v) is 6.54. The van der Waals surface area contributed by atoms with Crippen molar-refractivity contribution in [3.8, 4) is 5.75 Å². The number of carbonyl (C=O) groups excluding carboxylic acids is 1. The molecular formula is C15H13BrO3. The monoisotopic (exact) mass is 320 g/mol. The summed E-state index contributed by atoms with van der Waals surface area (Å²) in [5.41, 5.74) is 1.37. The van der Waals surface area contributed by atoms with Crippen molar-refractivity contribution in [2.24, 2.45) is 0 Å². The highest BCUT2D eigenvalue weighted by Crippen LogP contribution is 2.19. The highest BCUT2D eigenvalue weighted by Gasteiger charge is 2.09. The lowest BCUT2D eigenvalue weighted by atomic mass is 10.2. The maximum absolute atomic E-state index is 11.9. The second kappa shape index (κ2) is 6.38. The van der Waals surface area contributed by atoms with Crippen LogP contribution in [0.2, 0.25) is 0 Å². The smallest absolute Gasteiger partial charge is 0.338 e. The van der Waals surface area contributed by atoms with Crippen LogP contribution in [0.25, 0.3) is 0 Å². The van der Waals surface area contributed by atoms with Gasteiger partial charge in [0.15, 0.2) is 0 Å². The predicted molar refractivity (Wildman–Crippen MR) is 76.3 cm³/mol. The number of hydrogen-bond donors (Lipinski definition) is 0. The van der Waals surface area contributed by atoms with Crippen molar-refractivity contribution >= 4 is 21.9 Å². The SMILES string of the molecule is COc1ccccc1COC(=O)c1ccc(Br)cc1. The summed E-state index contributed by atoms with van der Waals surface area (Å²) in [4.78, 5) is 11.9. The van der Waals surface area contributed by atoms with Crippen LogP contribution in [0.1, 0.15) is 15.9 Å². The molecule has 0 aliphatic heterocycles. The molecule has 0 saturated heterocycles. The molecule has 0 N–H and O–H groups in total. The van der Waals surface area contributed by atoms with Gasteiger partial charge in [-0.3, -0.25) is 0 Å². The van der Waals surface area contributed by atoms with E-state index < -0.39 is 0 Å². The molecule has 0 aliphatic carbocycles. The van der Waals surface area contributed by atoms with Gasteiger partial charge in [0.1, 0.15) is 12.4 Å². The lowest BCUT2D eigenvalue weighted by molar-refractivity contribution is 0.0470. The molecule has 19 heavy (non-hydrogen) atoms. The molecule has 0 heterocycles. The number of halogens is 1. The van der Waals surface area contributed by atoms with Crippen LogP contribution in [-0.2, 0) is 11.3 Å². The standard InChI is InChI=1S/C15H13BrO3/c1-18-14-5-3-2-4-12(14)10-19-15(17)11-6-8-13(16)9-7-11/h2-9H,10H2,1H3. The number of rotatable bonds is 4. The number of ether oxygens (including phenoxy) is 2. The topological polar surface area (TPSA) is 35.5 Å². The quantitative estimate of drug-likeness (QED) is 0.803. The predicted octanol–water partition coefficient (Wildman–Crippen LogP) is 3.81. The Hall–Kier alpha value is -1.81. The van der Waals surface area contributed by atoms with Crippen molar-refractivity contribution in [2.45, 2.75) is 6.61 Å². The average Bonchev–Trinajstić information content (AvgIpc) is 2.45. The van der Waals surface area contributed by atoms with Gasteiger partial charge in [0.2, 0.25) is 0 Å². The van der Waals surface area contributed by atoms with Crippen molar-refractivity contribution in [1.29, 1.82) is 0 Å². The van der Waals surface area contributed by atoms with Gasteiger partial charge in [-0.2, -0.15) is 0 Å². The Bertz CT molecular complexity index is 564. The van der Waals surface area contributed by atoms with E-state index in [0.29, 0.717) is 11.3 Å². The van der Waals surface area contributed by atoms with Crippen LogP contribution in [0.3, 0.4) is 0 Å². The fourth-order valence-corrected chi connectivity index (χ4v) is 1.90. The molecule has 0 atom stereocenters. The largest absolute Gasteiger partial charge is 0.496 e. The maximum Gasteiger partial charge on any atom is 0.338 e. The maximum atomic E-state index is 11.9. The zero-order valence-corrected chi connectivity index (χ0v) is 12.0. The Labute approximate surface area is 120 Å². The van der Waals surface area contributed by atoms with E-state index in [2.05, 4.69) is 15.9 Å². The van der Waals surface area contributed by atoms with Gasteiger partial charge in [0.05, 0.1) is 12.7 Å². The van der Waals surface area contributed by atoms with Crippen LogP contribution < -0.4 is 4.74 Å². The van der Waals surface area contributed by atoms with E-state index in [9.17, 15) is 4.79 Å². The zero-order chi connectivity index (χ0) is 13.7. The Balaban J connectivity index is 2.02. The Morgan fingerprint density at radius 2 is 1.79 bits per heavy atom. The van der Waals surface area contributed by atoms with Gasteiger partial charge in [-0.15, -0.1) is 0 Å². The van der Waals surface area contributed by atoms with Gasteiger partial charge in [0, 0.05) is 10.0 Å². The highest BCUT2D eigenvalue weighted by atomic mass is 79.9. The molecule has 0 fully saturated rings. The Morgan fingerprint density at radius 3 is 2.47 bits per heavy atom. The van der Waals surface area contributed by atoms with Crippen molar-refractivity contribution in [1.82, 2.24) is 0 Å². The van der Waals surface area contributed by atoms with Crippen LogP contribution in [0.5, 0.6) is 5.75 Å². The fourth-order valence-electron chi connectivity index (χ4n) is 1.63. The molecule has 0 spiro atoms. The van der Waals surface area contributed by atoms with E-state index in [1.54, 1.807) is 31.4 Å². The molecule has 2 aromatic rings. The molecule has 4 heteroatoms. The van der Waals surface area contributed by atoms with E-state index in [0.717, 1.165) is 10.0 Å². The molecule has 2 aromatic carbocycles. The van der Waals surface area contributed by atoms with Crippen LogP contribution in [-0.4, -0.2) is 13.1 Å². The molecule has 0 unspecified atom stereocenters. The number of methoxy groups -OCH3 is 1. The Morgan fingerprint density at radius 1 is 1.11 bits per heavy atom. The lowest BCUT2D eigenvalue weighted by Crippen LogP contribution is -2.05. The number of hydrogen-bond acceptors (Lipinski definition) is 3. The van der Waals surface area contributed by atoms with Gasteiger partial charge >= 0.3 is 5.97 Å². The van der Waals surface area contributed by atoms with E-state index in [1.807, 2.05) is 24.3 Å². The molecule has 98 valence electrons. The summed E-state index contributed by atoms with van der Waals surface area (Å²) in [6.07, 6.45) is 0. The van der Waals surface area contributed by atoms with Gasteiger partial charge in [-0.1, -0.05) is 34.1 Å². The van der Waals surface area contributed by atoms with Crippen LogP contribution in [0.15, 0.2) is 53.0 Å². The molecule has 0 aliphatic rings. The minimum absolute atomic E-state index is 0.193. The molecular weight excluding hydrogens is 308 g/mol. The van der Waals surface area contributed by atoms with Gasteiger partial charge in [-0.25, -0.2) is 4.79 Å². The third kappa shape index (κ3) is 3.58. The third-order valence-electron chi connectivity index (χ3n) is 2.63. The first kappa shape index (κ1) is 13.6. The molecule has 0 aromatic heterocycles. The summed E-state index contributed by atoms with van der Waals surface area (Å²) in [5, 5.41) is 0. The number of esters is 1. The van der Waals surface area contributed by atoms with E-state index in [4.69, 9.17) is 9.47 Å². The van der Waals surface area contributed by atoms with Gasteiger partial charge < -0.3 is 9.47 Å². The normalized spacial score (nSPS) is 10.0. The van der Waals surface area contributed by atoms with E-state index in [1.165, 1.54) is 0 Å². The van der Waals surface area contributed by atoms with Crippen molar-refractivity contribution < 1.29 is 14.3 Å². The average molecular weight is 321 g/mol. The summed E-state index contributed by atoms with van der Waals surface area (Å²) < 4.78 is 11.4. The van der Waals surface area contributed by atoms with Gasteiger partial charge in [0.25, 0.3) is 0 Å². The highest BCUT2D eigenvalue weighted by molar-refractivity contribution is 9.10. The number of carbonyl (C=O) groups is 1. The summed E-state index contributed by atoms with van der Waals surface area (Å²) in [6.45, 7) is 0.193. The zero-order valence-electron chi connectivity index (χ0n) is 10.4. The van der Waals surface area contributed by atoms with Crippen LogP contribution in [0.4, 0.5) is 0 Å². The molecule has 0 radical (unpaired) electrons. The minimum Gasteiger partial charge on any atom is -0.496 e. The first-order chi connectivity index (χ1) is 9.20. The molecule has 0 saturated carbocycles. The van der Waals surface area contributed by atoms with Gasteiger partial charge in [-0.05, 0) is 30.3 Å².